The summed E-state index contributed by atoms with van der Waals surface area (Å²) in [6, 6.07) is 8.87. The number of aliphatic hydroxyl groups is 1. The highest BCUT2D eigenvalue weighted by Crippen LogP contribution is 2.34. The van der Waals surface area contributed by atoms with Crippen LogP contribution in [0.15, 0.2) is 30.3 Å². The van der Waals surface area contributed by atoms with E-state index in [9.17, 15) is 9.90 Å². The van der Waals surface area contributed by atoms with Gasteiger partial charge in [0.05, 0.1) is 12.6 Å². The highest BCUT2D eigenvalue weighted by molar-refractivity contribution is 5.73. The van der Waals surface area contributed by atoms with E-state index < -0.39 is 36.9 Å². The second kappa shape index (κ2) is 6.94. The monoisotopic (exact) mass is 323 g/mol. The van der Waals surface area contributed by atoms with Crippen molar-refractivity contribution >= 4 is 5.91 Å². The number of aliphatic hydroxyl groups excluding tert-OH is 1. The second-order valence-electron chi connectivity index (χ2n) is 5.67. The predicted molar refractivity (Wildman–Crippen MR) is 79.3 cm³/mol. The number of hydrogen-bond donors (Lipinski definition) is 2. The third kappa shape index (κ3) is 3.39. The summed E-state index contributed by atoms with van der Waals surface area (Å²) in [5.41, 5.74) is 0.871. The molecule has 0 radical (unpaired) electrons. The molecule has 1 amide bonds. The molecule has 0 bridgehead atoms. The molecule has 3 rings (SSSR count). The summed E-state index contributed by atoms with van der Waals surface area (Å²) in [5, 5.41) is 13.1. The van der Waals surface area contributed by atoms with Gasteiger partial charge in [-0.1, -0.05) is 30.3 Å². The number of fused-ring (bicyclic) bond motifs is 1. The molecule has 2 saturated heterocycles. The van der Waals surface area contributed by atoms with Crippen molar-refractivity contribution in [3.05, 3.63) is 35.9 Å². The van der Waals surface area contributed by atoms with Crippen LogP contribution in [0.1, 0.15) is 18.8 Å². The smallest absolute Gasteiger partial charge is 0.217 e. The Hall–Kier alpha value is -1.51. The number of nitrogens with one attached hydrogen (secondary N) is 1. The van der Waals surface area contributed by atoms with Gasteiger partial charge in [-0.25, -0.2) is 0 Å². The molecule has 0 unspecified atom stereocenters. The van der Waals surface area contributed by atoms with E-state index >= 15 is 0 Å². The molecule has 2 heterocycles. The molecule has 0 aliphatic carbocycles. The number of amides is 1. The topological polar surface area (TPSA) is 86.3 Å². The summed E-state index contributed by atoms with van der Waals surface area (Å²) < 4.78 is 22.5. The van der Waals surface area contributed by atoms with E-state index in [1.807, 2.05) is 30.3 Å². The summed E-state index contributed by atoms with van der Waals surface area (Å²) in [6.07, 6.45) is -3.39. The first-order valence-corrected chi connectivity index (χ1v) is 7.55. The molecular weight excluding hydrogens is 302 g/mol. The summed E-state index contributed by atoms with van der Waals surface area (Å²) in [6.45, 7) is 1.68. The molecule has 1 aromatic rings. The van der Waals surface area contributed by atoms with Gasteiger partial charge in [0.15, 0.2) is 12.6 Å². The Bertz CT molecular complexity index is 539. The first kappa shape index (κ1) is 16.4. The van der Waals surface area contributed by atoms with Gasteiger partial charge < -0.3 is 29.4 Å². The number of hydrogen-bond acceptors (Lipinski definition) is 6. The van der Waals surface area contributed by atoms with Crippen LogP contribution in [-0.4, -0.2) is 55.4 Å². The van der Waals surface area contributed by atoms with Crippen LogP contribution >= 0.6 is 0 Å². The number of benzene rings is 1. The van der Waals surface area contributed by atoms with E-state index in [1.54, 1.807) is 0 Å². The minimum Gasteiger partial charge on any atom is -0.386 e. The number of methoxy groups -OCH3 is 1. The van der Waals surface area contributed by atoms with Crippen molar-refractivity contribution in [2.75, 3.05) is 13.7 Å². The van der Waals surface area contributed by atoms with Crippen molar-refractivity contribution < 1.29 is 28.8 Å². The molecule has 0 aromatic heterocycles. The van der Waals surface area contributed by atoms with Crippen molar-refractivity contribution in [3.8, 4) is 0 Å². The van der Waals surface area contributed by atoms with Gasteiger partial charge in [0.1, 0.15) is 18.3 Å². The van der Waals surface area contributed by atoms with E-state index in [1.165, 1.54) is 14.0 Å². The van der Waals surface area contributed by atoms with E-state index in [0.717, 1.165) is 5.56 Å². The molecule has 6 atom stereocenters. The Morgan fingerprint density at radius 3 is 2.70 bits per heavy atom. The first-order valence-electron chi connectivity index (χ1n) is 7.55. The molecule has 1 aromatic carbocycles. The van der Waals surface area contributed by atoms with Crippen LogP contribution < -0.4 is 5.32 Å². The highest BCUT2D eigenvalue weighted by atomic mass is 16.7. The Labute approximate surface area is 134 Å². The molecule has 0 spiro atoms. The Balaban J connectivity index is 1.80. The SMILES string of the molecule is CO[C@@H]1O[C@H]2CO[C@@H](c3ccccc3)O[C@@H]2[C@@H](NC(C)=O)[C@@H]1O. The summed E-state index contributed by atoms with van der Waals surface area (Å²) in [4.78, 5) is 11.5. The quantitative estimate of drug-likeness (QED) is 0.834. The Morgan fingerprint density at radius 1 is 1.30 bits per heavy atom. The van der Waals surface area contributed by atoms with Crippen molar-refractivity contribution in [2.45, 2.75) is 43.9 Å². The van der Waals surface area contributed by atoms with Gasteiger partial charge in [-0.15, -0.1) is 0 Å². The standard InChI is InChI=1S/C16H21NO6/c1-9(18)17-12-13(19)16(20-2)22-11-8-21-15(23-14(11)12)10-6-4-3-5-7-10/h3-7,11-16,19H,8H2,1-2H3,(H,17,18)/t11-,12-,13-,14-,15+,16+/m0/s1. The zero-order valence-electron chi connectivity index (χ0n) is 13.0. The second-order valence-corrected chi connectivity index (χ2v) is 5.67. The summed E-state index contributed by atoms with van der Waals surface area (Å²) >= 11 is 0. The van der Waals surface area contributed by atoms with Crippen LogP contribution in [0.25, 0.3) is 0 Å². The fraction of sp³-hybridized carbons (Fsp3) is 0.562. The lowest BCUT2D eigenvalue weighted by molar-refractivity contribution is -0.340. The molecule has 2 aliphatic heterocycles. The van der Waals surface area contributed by atoms with E-state index in [2.05, 4.69) is 5.32 Å². The minimum atomic E-state index is -1.03. The van der Waals surface area contributed by atoms with Gasteiger partial charge in [0, 0.05) is 19.6 Å². The molecule has 23 heavy (non-hydrogen) atoms. The van der Waals surface area contributed by atoms with Gasteiger partial charge >= 0.3 is 0 Å². The van der Waals surface area contributed by atoms with Crippen LogP contribution in [0.2, 0.25) is 0 Å². The number of carbonyl (C=O) groups excluding carboxylic acids is 1. The normalized spacial score (nSPS) is 37.0. The van der Waals surface area contributed by atoms with Crippen molar-refractivity contribution in [3.63, 3.8) is 0 Å². The first-order chi connectivity index (χ1) is 11.1. The molecule has 7 nitrogen and oxygen atoms in total. The van der Waals surface area contributed by atoms with Crippen LogP contribution in [0.3, 0.4) is 0 Å². The molecule has 2 N–H and O–H groups in total. The molecule has 126 valence electrons. The van der Waals surface area contributed by atoms with Crippen molar-refractivity contribution in [1.29, 1.82) is 0 Å². The maximum atomic E-state index is 11.5. The lowest BCUT2D eigenvalue weighted by atomic mass is 9.95. The zero-order chi connectivity index (χ0) is 16.4. The lowest BCUT2D eigenvalue weighted by Gasteiger charge is -2.47. The average molecular weight is 323 g/mol. The average Bonchev–Trinajstić information content (AvgIpc) is 2.57. The number of ether oxygens (including phenoxy) is 4. The van der Waals surface area contributed by atoms with Gasteiger partial charge in [-0.3, -0.25) is 4.79 Å². The van der Waals surface area contributed by atoms with Crippen LogP contribution in [0, 0.1) is 0 Å². The minimum absolute atomic E-state index is 0.254. The third-order valence-electron chi connectivity index (χ3n) is 4.04. The Morgan fingerprint density at radius 2 is 2.04 bits per heavy atom. The zero-order valence-corrected chi connectivity index (χ0v) is 13.0. The van der Waals surface area contributed by atoms with Gasteiger partial charge in [0.2, 0.25) is 5.91 Å². The Kier molecular flexibility index (Phi) is 4.93. The van der Waals surface area contributed by atoms with Crippen LogP contribution in [-0.2, 0) is 23.7 Å². The summed E-state index contributed by atoms with van der Waals surface area (Å²) in [7, 11) is 1.44. The molecule has 7 heteroatoms. The van der Waals surface area contributed by atoms with Gasteiger partial charge in [0.25, 0.3) is 0 Å². The van der Waals surface area contributed by atoms with Gasteiger partial charge in [-0.2, -0.15) is 0 Å². The lowest BCUT2D eigenvalue weighted by Crippen LogP contribution is -2.67. The van der Waals surface area contributed by atoms with Crippen LogP contribution in [0.5, 0.6) is 0 Å². The van der Waals surface area contributed by atoms with Crippen molar-refractivity contribution in [2.24, 2.45) is 0 Å². The maximum absolute atomic E-state index is 11.5. The third-order valence-corrected chi connectivity index (χ3v) is 4.04. The van der Waals surface area contributed by atoms with E-state index in [-0.39, 0.29) is 12.5 Å². The van der Waals surface area contributed by atoms with Crippen LogP contribution in [0.4, 0.5) is 0 Å². The molecule has 2 aliphatic rings. The fourth-order valence-corrected chi connectivity index (χ4v) is 2.98. The molecule has 0 saturated carbocycles. The number of carbonyl (C=O) groups is 1. The van der Waals surface area contributed by atoms with Crippen molar-refractivity contribution in [1.82, 2.24) is 5.32 Å². The predicted octanol–water partition coefficient (Wildman–Crippen LogP) is 0.337. The maximum Gasteiger partial charge on any atom is 0.217 e. The van der Waals surface area contributed by atoms with E-state index in [4.69, 9.17) is 18.9 Å². The summed E-state index contributed by atoms with van der Waals surface area (Å²) in [5.74, 6) is -0.254. The van der Waals surface area contributed by atoms with E-state index in [0.29, 0.717) is 0 Å². The van der Waals surface area contributed by atoms with Gasteiger partial charge in [-0.05, 0) is 0 Å². The molecule has 2 fully saturated rings. The molecular formula is C16H21NO6. The number of rotatable bonds is 3. The highest BCUT2D eigenvalue weighted by Gasteiger charge is 2.49. The fourth-order valence-electron chi connectivity index (χ4n) is 2.98. The largest absolute Gasteiger partial charge is 0.386 e.